The molecule has 0 amide bonds. The first kappa shape index (κ1) is 14.5. The SMILES string of the molecule is CCCOc1nc(NCC)nc(Sc2ccncc2)n1. The largest absolute Gasteiger partial charge is 0.463 e. The summed E-state index contributed by atoms with van der Waals surface area (Å²) >= 11 is 1.45. The fourth-order valence-corrected chi connectivity index (χ4v) is 2.11. The first-order valence-electron chi connectivity index (χ1n) is 6.52. The molecule has 0 unspecified atom stereocenters. The van der Waals surface area contributed by atoms with E-state index in [0.29, 0.717) is 23.7 Å². The minimum Gasteiger partial charge on any atom is -0.463 e. The molecule has 20 heavy (non-hydrogen) atoms. The number of hydrogen-bond donors (Lipinski definition) is 1. The summed E-state index contributed by atoms with van der Waals surface area (Å²) in [5.41, 5.74) is 0. The molecule has 2 heterocycles. The molecular formula is C13H17N5OS. The number of nitrogens with zero attached hydrogens (tertiary/aromatic N) is 4. The molecule has 0 spiro atoms. The van der Waals surface area contributed by atoms with E-state index in [1.807, 2.05) is 26.0 Å². The van der Waals surface area contributed by atoms with Crippen molar-refractivity contribution < 1.29 is 4.74 Å². The first-order chi connectivity index (χ1) is 9.81. The van der Waals surface area contributed by atoms with Gasteiger partial charge in [0.1, 0.15) is 0 Å². The van der Waals surface area contributed by atoms with Crippen molar-refractivity contribution in [3.05, 3.63) is 24.5 Å². The van der Waals surface area contributed by atoms with Gasteiger partial charge >= 0.3 is 6.01 Å². The average molecular weight is 291 g/mol. The Morgan fingerprint density at radius 1 is 1.15 bits per heavy atom. The second-order valence-corrected chi connectivity index (χ2v) is 4.93. The predicted octanol–water partition coefficient (Wildman–Crippen LogP) is 2.64. The van der Waals surface area contributed by atoms with Crippen LogP contribution in [0.25, 0.3) is 0 Å². The van der Waals surface area contributed by atoms with Crippen LogP contribution in [0.3, 0.4) is 0 Å². The molecule has 0 aliphatic carbocycles. The normalized spacial score (nSPS) is 10.3. The molecule has 0 aliphatic rings. The summed E-state index contributed by atoms with van der Waals surface area (Å²) in [5.74, 6) is 0.533. The highest BCUT2D eigenvalue weighted by Gasteiger charge is 2.08. The Kier molecular flexibility index (Phi) is 5.55. The van der Waals surface area contributed by atoms with Gasteiger partial charge in [0.2, 0.25) is 11.1 Å². The van der Waals surface area contributed by atoms with E-state index in [2.05, 4.69) is 25.3 Å². The van der Waals surface area contributed by atoms with Crippen LogP contribution in [0.1, 0.15) is 20.3 Å². The zero-order chi connectivity index (χ0) is 14.2. The van der Waals surface area contributed by atoms with Crippen molar-refractivity contribution in [2.75, 3.05) is 18.5 Å². The molecule has 2 aromatic rings. The van der Waals surface area contributed by atoms with Crippen molar-refractivity contribution in [1.82, 2.24) is 19.9 Å². The molecule has 2 aromatic heterocycles. The van der Waals surface area contributed by atoms with Gasteiger partial charge in [-0.15, -0.1) is 0 Å². The van der Waals surface area contributed by atoms with Crippen LogP contribution in [0.4, 0.5) is 5.95 Å². The van der Waals surface area contributed by atoms with Gasteiger partial charge in [0.15, 0.2) is 0 Å². The number of rotatable bonds is 7. The second kappa shape index (κ2) is 7.64. The lowest BCUT2D eigenvalue weighted by molar-refractivity contribution is 0.288. The number of nitrogens with one attached hydrogen (secondary N) is 1. The topological polar surface area (TPSA) is 72.8 Å². The number of pyridine rings is 1. The van der Waals surface area contributed by atoms with Crippen LogP contribution in [0, 0.1) is 0 Å². The number of ether oxygens (including phenoxy) is 1. The molecule has 0 radical (unpaired) electrons. The smallest absolute Gasteiger partial charge is 0.322 e. The van der Waals surface area contributed by atoms with Crippen LogP contribution in [0.15, 0.2) is 34.6 Å². The van der Waals surface area contributed by atoms with Gasteiger partial charge < -0.3 is 10.1 Å². The van der Waals surface area contributed by atoms with Crippen LogP contribution in [-0.2, 0) is 0 Å². The Bertz CT molecular complexity index is 538. The van der Waals surface area contributed by atoms with E-state index in [9.17, 15) is 0 Å². The van der Waals surface area contributed by atoms with Crippen LogP contribution < -0.4 is 10.1 Å². The predicted molar refractivity (Wildman–Crippen MR) is 78.1 cm³/mol. The zero-order valence-electron chi connectivity index (χ0n) is 11.5. The standard InChI is InChI=1S/C13H17N5OS/c1-3-9-19-12-16-11(15-4-2)17-13(18-12)20-10-5-7-14-8-6-10/h5-8H,3-4,9H2,1-2H3,(H,15,16,17,18). The fourth-order valence-electron chi connectivity index (χ4n) is 1.39. The Balaban J connectivity index is 2.19. The maximum Gasteiger partial charge on any atom is 0.322 e. The lowest BCUT2D eigenvalue weighted by Crippen LogP contribution is -2.07. The van der Waals surface area contributed by atoms with Crippen LogP contribution in [0.2, 0.25) is 0 Å². The summed E-state index contributed by atoms with van der Waals surface area (Å²) in [6, 6.07) is 4.18. The highest BCUT2D eigenvalue weighted by molar-refractivity contribution is 7.99. The summed E-state index contributed by atoms with van der Waals surface area (Å²) in [6.45, 7) is 5.37. The third kappa shape index (κ3) is 4.34. The molecule has 0 fully saturated rings. The Morgan fingerprint density at radius 2 is 1.95 bits per heavy atom. The number of anilines is 1. The van der Waals surface area contributed by atoms with Crippen molar-refractivity contribution >= 4 is 17.7 Å². The van der Waals surface area contributed by atoms with E-state index in [1.165, 1.54) is 11.8 Å². The summed E-state index contributed by atoms with van der Waals surface area (Å²) in [4.78, 5) is 17.9. The highest BCUT2D eigenvalue weighted by Crippen LogP contribution is 2.25. The molecule has 106 valence electrons. The fraction of sp³-hybridized carbons (Fsp3) is 0.385. The van der Waals surface area contributed by atoms with Crippen LogP contribution >= 0.6 is 11.8 Å². The van der Waals surface area contributed by atoms with Gasteiger partial charge in [-0.2, -0.15) is 15.0 Å². The summed E-state index contributed by atoms with van der Waals surface area (Å²) in [6.07, 6.45) is 4.39. The van der Waals surface area contributed by atoms with E-state index in [0.717, 1.165) is 17.9 Å². The van der Waals surface area contributed by atoms with Gasteiger partial charge in [-0.1, -0.05) is 6.92 Å². The number of aromatic nitrogens is 4. The molecule has 0 saturated carbocycles. The Hall–Kier alpha value is -1.89. The molecule has 0 aliphatic heterocycles. The van der Waals surface area contributed by atoms with Gasteiger partial charge in [0.05, 0.1) is 6.61 Å². The molecular weight excluding hydrogens is 274 g/mol. The third-order valence-corrected chi connectivity index (χ3v) is 3.10. The van der Waals surface area contributed by atoms with Crippen molar-refractivity contribution in [2.45, 2.75) is 30.3 Å². The Labute approximate surface area is 122 Å². The minimum atomic E-state index is 0.356. The lowest BCUT2D eigenvalue weighted by Gasteiger charge is -2.07. The summed E-state index contributed by atoms with van der Waals surface area (Å²) in [7, 11) is 0. The number of hydrogen-bond acceptors (Lipinski definition) is 7. The van der Waals surface area contributed by atoms with E-state index in [-0.39, 0.29) is 0 Å². The quantitative estimate of drug-likeness (QED) is 0.840. The summed E-state index contributed by atoms with van der Waals surface area (Å²) < 4.78 is 5.49. The van der Waals surface area contributed by atoms with Crippen LogP contribution in [-0.4, -0.2) is 33.1 Å². The zero-order valence-corrected chi connectivity index (χ0v) is 12.4. The Morgan fingerprint density at radius 3 is 2.65 bits per heavy atom. The van der Waals surface area contributed by atoms with Gasteiger partial charge in [0.25, 0.3) is 0 Å². The average Bonchev–Trinajstić information content (AvgIpc) is 2.46. The molecule has 0 saturated heterocycles. The maximum atomic E-state index is 5.49. The molecule has 0 bridgehead atoms. The van der Waals surface area contributed by atoms with Crippen molar-refractivity contribution in [1.29, 1.82) is 0 Å². The van der Waals surface area contributed by atoms with Crippen LogP contribution in [0.5, 0.6) is 6.01 Å². The third-order valence-electron chi connectivity index (χ3n) is 2.22. The van der Waals surface area contributed by atoms with Gasteiger partial charge in [-0.05, 0) is 37.2 Å². The molecule has 2 rings (SSSR count). The van der Waals surface area contributed by atoms with Crippen molar-refractivity contribution in [3.63, 3.8) is 0 Å². The molecule has 1 N–H and O–H groups in total. The van der Waals surface area contributed by atoms with E-state index in [1.54, 1.807) is 12.4 Å². The maximum absolute atomic E-state index is 5.49. The lowest BCUT2D eigenvalue weighted by atomic mass is 10.5. The second-order valence-electron chi connectivity index (χ2n) is 3.89. The van der Waals surface area contributed by atoms with Gasteiger partial charge in [-0.25, -0.2) is 0 Å². The molecule has 0 aromatic carbocycles. The highest BCUT2D eigenvalue weighted by atomic mass is 32.2. The first-order valence-corrected chi connectivity index (χ1v) is 7.34. The van der Waals surface area contributed by atoms with Gasteiger partial charge in [0, 0.05) is 23.8 Å². The summed E-state index contributed by atoms with van der Waals surface area (Å²) in [5, 5.41) is 3.69. The molecule has 7 heteroatoms. The van der Waals surface area contributed by atoms with Gasteiger partial charge in [-0.3, -0.25) is 4.98 Å². The molecule has 6 nitrogen and oxygen atoms in total. The monoisotopic (exact) mass is 291 g/mol. The van der Waals surface area contributed by atoms with Crippen molar-refractivity contribution in [3.8, 4) is 6.01 Å². The minimum absolute atomic E-state index is 0.356. The van der Waals surface area contributed by atoms with E-state index >= 15 is 0 Å². The van der Waals surface area contributed by atoms with Crippen molar-refractivity contribution in [2.24, 2.45) is 0 Å². The van der Waals surface area contributed by atoms with E-state index in [4.69, 9.17) is 4.74 Å². The molecule has 0 atom stereocenters. The van der Waals surface area contributed by atoms with E-state index < -0.39 is 0 Å².